The number of nitrogens with one attached hydrogen (secondary N) is 1. The average Bonchev–Trinajstić information content (AvgIpc) is 2.97. The molecule has 0 spiro atoms. The van der Waals surface area contributed by atoms with E-state index in [0.29, 0.717) is 18.4 Å². The molecule has 0 aromatic carbocycles. The molecule has 2 unspecified atom stereocenters. The highest BCUT2D eigenvalue weighted by atomic mass is 16.5. The lowest BCUT2D eigenvalue weighted by molar-refractivity contribution is -0.168. The number of ether oxygens (including phenoxy) is 1. The molecule has 3 aliphatic heterocycles. The summed E-state index contributed by atoms with van der Waals surface area (Å²) in [5.41, 5.74) is -0.543. The second-order valence-electron chi connectivity index (χ2n) is 8.94. The number of piperidine rings is 1. The zero-order valence-corrected chi connectivity index (χ0v) is 13.8. The fraction of sp³-hybridized carbons (Fsp3) is 0.889. The summed E-state index contributed by atoms with van der Waals surface area (Å²) in [5.74, 6) is 2.26. The molecule has 126 valence electrons. The molecular weight excluding hydrogens is 292 g/mol. The SMILES string of the molecule is CC1CCN(C(=O)C23CC(CO2)C3)CC1NC(=O)C12CC(C1)C2. The third kappa shape index (κ3) is 1.89. The smallest absolute Gasteiger partial charge is 0.254 e. The summed E-state index contributed by atoms with van der Waals surface area (Å²) in [6.45, 7) is 4.40. The average molecular weight is 318 g/mol. The molecule has 2 amide bonds. The van der Waals surface area contributed by atoms with Crippen molar-refractivity contribution in [1.29, 1.82) is 0 Å². The molecule has 5 nitrogen and oxygen atoms in total. The summed E-state index contributed by atoms with van der Waals surface area (Å²) < 4.78 is 5.78. The lowest BCUT2D eigenvalue weighted by atomic mass is 9.44. The maximum Gasteiger partial charge on any atom is 0.254 e. The van der Waals surface area contributed by atoms with Gasteiger partial charge in [0.05, 0.1) is 6.61 Å². The summed E-state index contributed by atoms with van der Waals surface area (Å²) in [6.07, 6.45) is 6.02. The van der Waals surface area contributed by atoms with E-state index >= 15 is 0 Å². The Hall–Kier alpha value is -1.10. The summed E-state index contributed by atoms with van der Waals surface area (Å²) >= 11 is 0. The number of likely N-dealkylation sites (tertiary alicyclic amines) is 1. The summed E-state index contributed by atoms with van der Waals surface area (Å²) in [7, 11) is 0. The van der Waals surface area contributed by atoms with Crippen molar-refractivity contribution in [2.45, 2.75) is 57.1 Å². The monoisotopic (exact) mass is 318 g/mol. The van der Waals surface area contributed by atoms with Gasteiger partial charge in [-0.15, -0.1) is 0 Å². The van der Waals surface area contributed by atoms with Crippen LogP contribution in [0.1, 0.15) is 45.4 Å². The van der Waals surface area contributed by atoms with Crippen molar-refractivity contribution in [3.05, 3.63) is 0 Å². The number of nitrogens with zero attached hydrogens (tertiary/aromatic N) is 1. The van der Waals surface area contributed by atoms with E-state index in [2.05, 4.69) is 12.2 Å². The zero-order chi connectivity index (χ0) is 15.8. The highest BCUT2D eigenvalue weighted by Crippen LogP contribution is 2.64. The van der Waals surface area contributed by atoms with Gasteiger partial charge in [-0.3, -0.25) is 9.59 Å². The Balaban J connectivity index is 1.24. The van der Waals surface area contributed by atoms with Gasteiger partial charge in [-0.1, -0.05) is 6.92 Å². The van der Waals surface area contributed by atoms with Crippen LogP contribution in [0, 0.1) is 23.2 Å². The first-order valence-corrected chi connectivity index (χ1v) is 9.24. The van der Waals surface area contributed by atoms with Gasteiger partial charge in [-0.2, -0.15) is 0 Å². The zero-order valence-electron chi connectivity index (χ0n) is 13.8. The third-order valence-electron chi connectivity index (χ3n) is 7.30. The number of rotatable bonds is 3. The molecule has 7 fully saturated rings. The summed E-state index contributed by atoms with van der Waals surface area (Å²) in [6, 6.07) is 0.0999. The van der Waals surface area contributed by atoms with Crippen molar-refractivity contribution >= 4 is 11.8 Å². The normalized spacial score (nSPS) is 49.7. The molecule has 0 aromatic rings. The largest absolute Gasteiger partial charge is 0.365 e. The minimum absolute atomic E-state index is 0.0366. The Morgan fingerprint density at radius 3 is 2.43 bits per heavy atom. The standard InChI is InChI=1S/C18H26N2O3/c1-11-2-3-20(16(22)18-7-13(8-18)10-23-18)9-14(11)19-15(21)17-4-12(5-17)6-17/h11-14H,2-10H2,1H3,(H,19,21). The second kappa shape index (κ2) is 4.50. The first kappa shape index (κ1) is 14.3. The van der Waals surface area contributed by atoms with Crippen molar-refractivity contribution in [2.24, 2.45) is 23.2 Å². The minimum atomic E-state index is -0.506. The molecule has 0 aromatic heterocycles. The van der Waals surface area contributed by atoms with Crippen LogP contribution in [0.4, 0.5) is 0 Å². The summed E-state index contributed by atoms with van der Waals surface area (Å²) in [5, 5.41) is 3.28. The van der Waals surface area contributed by atoms with E-state index in [-0.39, 0.29) is 23.3 Å². The Bertz CT molecular complexity index is 546. The molecule has 2 atom stereocenters. The molecule has 4 saturated carbocycles. The fourth-order valence-electron chi connectivity index (χ4n) is 5.43. The van der Waals surface area contributed by atoms with Gasteiger partial charge in [0.1, 0.15) is 5.60 Å². The van der Waals surface area contributed by atoms with Crippen LogP contribution in [0.2, 0.25) is 0 Å². The Morgan fingerprint density at radius 1 is 1.13 bits per heavy atom. The number of amides is 2. The van der Waals surface area contributed by atoms with Crippen LogP contribution < -0.4 is 5.32 Å². The molecule has 7 aliphatic rings. The molecule has 1 N–H and O–H groups in total. The summed E-state index contributed by atoms with van der Waals surface area (Å²) in [4.78, 5) is 27.4. The van der Waals surface area contributed by atoms with Crippen LogP contribution >= 0.6 is 0 Å². The Kier molecular flexibility index (Phi) is 2.79. The number of carbonyl (C=O) groups is 2. The molecule has 4 aliphatic carbocycles. The molecule has 3 saturated heterocycles. The fourth-order valence-corrected chi connectivity index (χ4v) is 5.43. The minimum Gasteiger partial charge on any atom is -0.365 e. The molecule has 3 heterocycles. The predicted molar refractivity (Wildman–Crippen MR) is 83.5 cm³/mol. The lowest BCUT2D eigenvalue weighted by Crippen LogP contribution is -2.65. The van der Waals surface area contributed by atoms with E-state index in [0.717, 1.165) is 57.6 Å². The highest BCUT2D eigenvalue weighted by Gasteiger charge is 2.62. The van der Waals surface area contributed by atoms with E-state index in [1.807, 2.05) is 4.90 Å². The van der Waals surface area contributed by atoms with Gasteiger partial charge in [-0.25, -0.2) is 0 Å². The van der Waals surface area contributed by atoms with Crippen LogP contribution in [0.25, 0.3) is 0 Å². The van der Waals surface area contributed by atoms with Gasteiger partial charge >= 0.3 is 0 Å². The number of carbonyl (C=O) groups excluding carboxylic acids is 2. The highest BCUT2D eigenvalue weighted by molar-refractivity contribution is 5.88. The topological polar surface area (TPSA) is 58.6 Å². The van der Waals surface area contributed by atoms with Gasteiger partial charge < -0.3 is 15.0 Å². The van der Waals surface area contributed by atoms with Crippen LogP contribution in [-0.2, 0) is 14.3 Å². The first-order valence-electron chi connectivity index (χ1n) is 9.24. The van der Waals surface area contributed by atoms with Crippen molar-refractivity contribution in [3.8, 4) is 0 Å². The predicted octanol–water partition coefficient (Wildman–Crippen LogP) is 1.32. The molecule has 7 rings (SSSR count). The van der Waals surface area contributed by atoms with Gasteiger partial charge in [0.15, 0.2) is 0 Å². The third-order valence-corrected chi connectivity index (χ3v) is 7.30. The lowest BCUT2D eigenvalue weighted by Gasteiger charge is -2.60. The molecule has 4 bridgehead atoms. The van der Waals surface area contributed by atoms with Crippen LogP contribution in [0.5, 0.6) is 0 Å². The Morgan fingerprint density at radius 2 is 1.87 bits per heavy atom. The van der Waals surface area contributed by atoms with Crippen molar-refractivity contribution in [1.82, 2.24) is 10.2 Å². The first-order chi connectivity index (χ1) is 11.0. The molecule has 0 radical (unpaired) electrons. The van der Waals surface area contributed by atoms with Crippen LogP contribution in [0.3, 0.4) is 0 Å². The van der Waals surface area contributed by atoms with Gasteiger partial charge in [0.25, 0.3) is 5.91 Å². The van der Waals surface area contributed by atoms with E-state index in [1.54, 1.807) is 0 Å². The van der Waals surface area contributed by atoms with Gasteiger partial charge in [0, 0.05) is 24.5 Å². The maximum absolute atomic E-state index is 12.9. The van der Waals surface area contributed by atoms with E-state index in [9.17, 15) is 9.59 Å². The number of hydrogen-bond acceptors (Lipinski definition) is 3. The van der Waals surface area contributed by atoms with E-state index in [4.69, 9.17) is 4.74 Å². The van der Waals surface area contributed by atoms with E-state index in [1.165, 1.54) is 0 Å². The second-order valence-corrected chi connectivity index (χ2v) is 8.94. The van der Waals surface area contributed by atoms with Crippen LogP contribution in [0.15, 0.2) is 0 Å². The Labute approximate surface area is 137 Å². The molecule has 5 heteroatoms. The molecule has 23 heavy (non-hydrogen) atoms. The van der Waals surface area contributed by atoms with Crippen LogP contribution in [-0.4, -0.2) is 48.1 Å². The quantitative estimate of drug-likeness (QED) is 0.854. The number of hydrogen-bond donors (Lipinski definition) is 1. The van der Waals surface area contributed by atoms with Gasteiger partial charge in [0.2, 0.25) is 5.91 Å². The van der Waals surface area contributed by atoms with Crippen molar-refractivity contribution < 1.29 is 14.3 Å². The van der Waals surface area contributed by atoms with E-state index < -0.39 is 5.60 Å². The van der Waals surface area contributed by atoms with Crippen molar-refractivity contribution in [2.75, 3.05) is 19.7 Å². The molecular formula is C18H26N2O3. The number of fused-ring (bicyclic) bond motifs is 1. The van der Waals surface area contributed by atoms with Gasteiger partial charge in [-0.05, 0) is 56.3 Å². The maximum atomic E-state index is 12.9. The van der Waals surface area contributed by atoms with Crippen molar-refractivity contribution in [3.63, 3.8) is 0 Å².